The molecule has 0 fully saturated rings. The second kappa shape index (κ2) is 10.1. The number of alkyl carbamates (subject to hydrolysis) is 1. The normalized spacial score (nSPS) is 13.1. The summed E-state index contributed by atoms with van der Waals surface area (Å²) < 4.78 is 5.36. The molecule has 0 aliphatic rings. The number of benzene rings is 5. The predicted molar refractivity (Wildman–Crippen MR) is 152 cm³/mol. The maximum absolute atomic E-state index is 13.1. The zero-order valence-corrected chi connectivity index (χ0v) is 21.9. The van der Waals surface area contributed by atoms with Crippen molar-refractivity contribution < 1.29 is 19.2 Å². The minimum atomic E-state index is -0.967. The van der Waals surface area contributed by atoms with Crippen LogP contribution in [0.15, 0.2) is 90.1 Å². The number of carbonyl (C=O) groups excluding carboxylic acids is 2. The third-order valence-electron chi connectivity index (χ3n) is 6.45. The third kappa shape index (κ3) is 5.30. The number of hydrogen-bond acceptors (Lipinski definition) is 5. The van der Waals surface area contributed by atoms with Gasteiger partial charge in [-0.15, -0.1) is 0 Å². The molecule has 0 saturated heterocycles. The molecule has 0 heterocycles. The molecule has 0 aliphatic heterocycles. The summed E-state index contributed by atoms with van der Waals surface area (Å²) in [5.74, 6) is -0.670. The first-order valence-corrected chi connectivity index (χ1v) is 12.7. The largest absolute Gasteiger partial charge is 0.444 e. The van der Waals surface area contributed by atoms with Gasteiger partial charge in [-0.05, 0) is 65.6 Å². The minimum absolute atomic E-state index is 0.242. The van der Waals surface area contributed by atoms with E-state index < -0.39 is 23.7 Å². The molecule has 0 bridgehead atoms. The van der Waals surface area contributed by atoms with Gasteiger partial charge in [0.1, 0.15) is 11.6 Å². The Bertz CT molecular complexity index is 1640. The lowest BCUT2D eigenvalue weighted by atomic mass is 9.91. The molecular formula is C32H30N2O4. The van der Waals surface area contributed by atoms with E-state index in [9.17, 15) is 9.59 Å². The van der Waals surface area contributed by atoms with Crippen molar-refractivity contribution in [3.63, 3.8) is 0 Å². The van der Waals surface area contributed by atoms with E-state index in [-0.39, 0.29) is 6.42 Å². The highest BCUT2D eigenvalue weighted by Crippen LogP contribution is 2.36. The van der Waals surface area contributed by atoms with Gasteiger partial charge in [0, 0.05) is 12.0 Å². The summed E-state index contributed by atoms with van der Waals surface area (Å²) >= 11 is 0. The summed E-state index contributed by atoms with van der Waals surface area (Å²) in [6.45, 7) is 7.11. The van der Waals surface area contributed by atoms with Gasteiger partial charge in [0.05, 0.1) is 5.71 Å². The molecule has 1 unspecified atom stereocenters. The fourth-order valence-electron chi connectivity index (χ4n) is 4.77. The second-order valence-electron chi connectivity index (χ2n) is 10.4. The van der Waals surface area contributed by atoms with Crippen LogP contribution in [0.3, 0.4) is 0 Å². The van der Waals surface area contributed by atoms with Crippen LogP contribution in [0.1, 0.15) is 38.8 Å². The summed E-state index contributed by atoms with van der Waals surface area (Å²) in [6.07, 6.45) is -0.450. The van der Waals surface area contributed by atoms with E-state index in [4.69, 9.17) is 9.57 Å². The fourth-order valence-corrected chi connectivity index (χ4v) is 4.77. The second-order valence-corrected chi connectivity index (χ2v) is 10.4. The highest BCUT2D eigenvalue weighted by atomic mass is 16.7. The molecule has 0 aliphatic carbocycles. The van der Waals surface area contributed by atoms with Crippen molar-refractivity contribution in [3.05, 3.63) is 96.1 Å². The maximum atomic E-state index is 13.1. The van der Waals surface area contributed by atoms with Crippen LogP contribution < -0.4 is 5.32 Å². The smallest absolute Gasteiger partial charge is 0.408 e. The molecular weight excluding hydrogens is 476 g/mol. The number of hydrogen-bond donors (Lipinski definition) is 1. The summed E-state index contributed by atoms with van der Waals surface area (Å²) in [7, 11) is 0. The molecule has 5 rings (SSSR count). The van der Waals surface area contributed by atoms with E-state index in [1.54, 1.807) is 20.8 Å². The average molecular weight is 507 g/mol. The minimum Gasteiger partial charge on any atom is -0.444 e. The Hall–Kier alpha value is -4.45. The van der Waals surface area contributed by atoms with Crippen LogP contribution in [-0.2, 0) is 20.8 Å². The summed E-state index contributed by atoms with van der Waals surface area (Å²) in [5, 5.41) is 13.7. The van der Waals surface area contributed by atoms with E-state index in [1.807, 2.05) is 43.3 Å². The zero-order valence-electron chi connectivity index (χ0n) is 21.9. The van der Waals surface area contributed by atoms with Crippen molar-refractivity contribution in [1.82, 2.24) is 5.32 Å². The standard InChI is InChI=1S/C32H30N2O4/c1-20(25-17-15-24-14-13-22-11-8-12-23-16-18-26(25)29(24)28(22)23)34-38-30(35)27(19-21-9-6-5-7-10-21)33-31(36)37-32(2,3)4/h5-18,27H,19H2,1-4H3,(H,33,36)/b34-20+. The summed E-state index contributed by atoms with van der Waals surface area (Å²) in [6, 6.07) is 27.2. The van der Waals surface area contributed by atoms with Crippen LogP contribution in [0.4, 0.5) is 4.79 Å². The Morgan fingerprint density at radius 2 is 1.45 bits per heavy atom. The van der Waals surface area contributed by atoms with Gasteiger partial charge in [0.2, 0.25) is 0 Å². The fraction of sp³-hybridized carbons (Fsp3) is 0.219. The summed E-state index contributed by atoms with van der Waals surface area (Å²) in [4.78, 5) is 31.0. The Morgan fingerprint density at radius 3 is 2.13 bits per heavy atom. The number of carbonyl (C=O) groups is 2. The first-order chi connectivity index (χ1) is 18.2. The molecule has 0 spiro atoms. The molecule has 1 N–H and O–H groups in total. The van der Waals surface area contributed by atoms with Crippen molar-refractivity contribution in [1.29, 1.82) is 0 Å². The van der Waals surface area contributed by atoms with Gasteiger partial charge in [-0.25, -0.2) is 9.59 Å². The molecule has 5 aromatic carbocycles. The molecule has 0 saturated carbocycles. The molecule has 0 aromatic heterocycles. The van der Waals surface area contributed by atoms with Crippen molar-refractivity contribution in [3.8, 4) is 0 Å². The van der Waals surface area contributed by atoms with E-state index >= 15 is 0 Å². The van der Waals surface area contributed by atoms with Crippen LogP contribution in [0.2, 0.25) is 0 Å². The van der Waals surface area contributed by atoms with Crippen molar-refractivity contribution in [2.75, 3.05) is 0 Å². The van der Waals surface area contributed by atoms with Crippen LogP contribution in [0.5, 0.6) is 0 Å². The van der Waals surface area contributed by atoms with Crippen LogP contribution in [0, 0.1) is 0 Å². The van der Waals surface area contributed by atoms with Gasteiger partial charge < -0.3 is 14.9 Å². The highest BCUT2D eigenvalue weighted by molar-refractivity contribution is 6.26. The van der Waals surface area contributed by atoms with E-state index in [1.165, 1.54) is 16.2 Å². The molecule has 6 nitrogen and oxygen atoms in total. The number of amides is 1. The number of oxime groups is 1. The first kappa shape index (κ1) is 25.2. The van der Waals surface area contributed by atoms with Crippen LogP contribution >= 0.6 is 0 Å². The Morgan fingerprint density at radius 1 is 0.816 bits per heavy atom. The lowest BCUT2D eigenvalue weighted by Gasteiger charge is -2.22. The lowest BCUT2D eigenvalue weighted by molar-refractivity contribution is -0.146. The van der Waals surface area contributed by atoms with Crippen molar-refractivity contribution in [2.24, 2.45) is 5.16 Å². The zero-order chi connectivity index (χ0) is 26.9. The molecule has 38 heavy (non-hydrogen) atoms. The van der Waals surface area contributed by atoms with Gasteiger partial charge in [0.25, 0.3) is 0 Å². The Kier molecular flexibility index (Phi) is 6.72. The third-order valence-corrected chi connectivity index (χ3v) is 6.45. The highest BCUT2D eigenvalue weighted by Gasteiger charge is 2.26. The SMILES string of the molecule is C/C(=N\OC(=O)C(Cc1ccccc1)NC(=O)OC(C)(C)C)c1ccc2ccc3cccc4ccc1c2c34. The predicted octanol–water partition coefficient (Wildman–Crippen LogP) is 6.99. The molecule has 1 amide bonds. The number of nitrogens with zero attached hydrogens (tertiary/aromatic N) is 1. The molecule has 1 atom stereocenters. The van der Waals surface area contributed by atoms with Gasteiger partial charge >= 0.3 is 12.1 Å². The van der Waals surface area contributed by atoms with E-state index in [0.717, 1.165) is 27.3 Å². The van der Waals surface area contributed by atoms with Crippen molar-refractivity contribution >= 4 is 50.1 Å². The quantitative estimate of drug-likeness (QED) is 0.117. The van der Waals surface area contributed by atoms with Gasteiger partial charge in [-0.1, -0.05) is 90.1 Å². The van der Waals surface area contributed by atoms with E-state index in [2.05, 4.69) is 59.0 Å². The number of ether oxygens (including phenoxy) is 1. The van der Waals surface area contributed by atoms with Crippen LogP contribution in [0.25, 0.3) is 32.3 Å². The Labute approximate surface area is 221 Å². The van der Waals surface area contributed by atoms with Gasteiger partial charge in [-0.2, -0.15) is 0 Å². The molecule has 0 radical (unpaired) electrons. The summed E-state index contributed by atoms with van der Waals surface area (Å²) in [5.41, 5.74) is 1.61. The first-order valence-electron chi connectivity index (χ1n) is 12.7. The number of nitrogens with one attached hydrogen (secondary N) is 1. The average Bonchev–Trinajstić information content (AvgIpc) is 2.89. The van der Waals surface area contributed by atoms with Crippen molar-refractivity contribution in [2.45, 2.75) is 45.8 Å². The molecule has 192 valence electrons. The van der Waals surface area contributed by atoms with E-state index in [0.29, 0.717) is 5.71 Å². The molecule has 5 aromatic rings. The topological polar surface area (TPSA) is 77.0 Å². The maximum Gasteiger partial charge on any atom is 0.408 e. The molecule has 6 heteroatoms. The van der Waals surface area contributed by atoms with Gasteiger partial charge in [-0.3, -0.25) is 0 Å². The number of rotatable bonds is 6. The Balaban J connectivity index is 1.43. The van der Waals surface area contributed by atoms with Gasteiger partial charge in [0.15, 0.2) is 0 Å². The monoisotopic (exact) mass is 506 g/mol. The lowest BCUT2D eigenvalue weighted by Crippen LogP contribution is -2.45. The van der Waals surface area contributed by atoms with Crippen LogP contribution in [-0.4, -0.2) is 29.4 Å².